The summed E-state index contributed by atoms with van der Waals surface area (Å²) in [5.41, 5.74) is -0.498. The maximum Gasteiger partial charge on any atom is 0.420 e. The average Bonchev–Trinajstić information content (AvgIpc) is 2.72. The molecule has 1 amide bonds. The number of nitrogens with one attached hydrogen (secondary N) is 1. The van der Waals surface area contributed by atoms with Crippen LogP contribution in [0.15, 0.2) is 42.5 Å². The minimum atomic E-state index is -4.86. The lowest BCUT2D eigenvalue weighted by Gasteiger charge is -2.26. The number of nitro groups is 1. The van der Waals surface area contributed by atoms with Crippen molar-refractivity contribution in [2.24, 2.45) is 0 Å². The number of thioether (sulfide) groups is 1. The molecule has 0 aliphatic carbocycles. The lowest BCUT2D eigenvalue weighted by atomic mass is 10.1. The van der Waals surface area contributed by atoms with E-state index in [1.165, 1.54) is 0 Å². The summed E-state index contributed by atoms with van der Waals surface area (Å²) >= 11 is 1.91. The quantitative estimate of drug-likeness (QED) is 0.498. The third kappa shape index (κ3) is 6.59. The first-order chi connectivity index (χ1) is 14.7. The number of ether oxygens (including phenoxy) is 1. The van der Waals surface area contributed by atoms with Crippen LogP contribution in [0, 0.1) is 10.1 Å². The van der Waals surface area contributed by atoms with E-state index in [1.807, 2.05) is 23.9 Å². The number of nitrogens with zero attached hydrogens (tertiary/aromatic N) is 2. The standard InChI is InChI=1S/C20H20F3N3O4S/c21-20(22,23)17-11-16(26(28)29)4-5-18(17)30-13-19(27)24-15-3-1-2-14(10-15)12-25-6-8-31-9-7-25/h1-5,10-11H,6-9,12-13H2,(H,24,27). The van der Waals surface area contributed by atoms with Crippen LogP contribution in [0.4, 0.5) is 24.5 Å². The second kappa shape index (κ2) is 10.0. The molecule has 7 nitrogen and oxygen atoms in total. The molecule has 0 aromatic heterocycles. The predicted octanol–water partition coefficient (Wildman–Crippen LogP) is 4.18. The summed E-state index contributed by atoms with van der Waals surface area (Å²) < 4.78 is 44.6. The molecule has 3 rings (SSSR count). The highest BCUT2D eigenvalue weighted by molar-refractivity contribution is 7.99. The summed E-state index contributed by atoms with van der Waals surface area (Å²) in [5, 5.41) is 13.3. The molecule has 1 fully saturated rings. The largest absolute Gasteiger partial charge is 0.483 e. The zero-order valence-electron chi connectivity index (χ0n) is 16.4. The van der Waals surface area contributed by atoms with Gasteiger partial charge < -0.3 is 10.1 Å². The summed E-state index contributed by atoms with van der Waals surface area (Å²) in [4.78, 5) is 24.3. The molecule has 1 aliphatic rings. The number of carbonyl (C=O) groups excluding carboxylic acids is 1. The molecule has 0 spiro atoms. The maximum absolute atomic E-state index is 13.2. The van der Waals surface area contributed by atoms with E-state index in [0.29, 0.717) is 11.8 Å². The third-order valence-corrected chi connectivity index (χ3v) is 5.50. The fourth-order valence-electron chi connectivity index (χ4n) is 3.08. The minimum Gasteiger partial charge on any atom is -0.483 e. The number of anilines is 1. The highest BCUT2D eigenvalue weighted by Crippen LogP contribution is 2.38. The normalized spacial score (nSPS) is 14.8. The lowest BCUT2D eigenvalue weighted by molar-refractivity contribution is -0.385. The first-order valence-electron chi connectivity index (χ1n) is 9.40. The molecule has 0 saturated carbocycles. The Bertz CT molecular complexity index is 950. The summed E-state index contributed by atoms with van der Waals surface area (Å²) in [7, 11) is 0. The van der Waals surface area contributed by atoms with Crippen LogP contribution >= 0.6 is 11.8 Å². The first kappa shape index (κ1) is 22.9. The van der Waals surface area contributed by atoms with Crippen molar-refractivity contribution in [1.82, 2.24) is 4.90 Å². The Balaban J connectivity index is 1.61. The summed E-state index contributed by atoms with van der Waals surface area (Å²) in [5.74, 6) is 0.870. The number of rotatable bonds is 7. The third-order valence-electron chi connectivity index (χ3n) is 4.56. The average molecular weight is 455 g/mol. The van der Waals surface area contributed by atoms with Gasteiger partial charge in [0.25, 0.3) is 11.6 Å². The molecule has 0 unspecified atom stereocenters. The van der Waals surface area contributed by atoms with Gasteiger partial charge in [-0.3, -0.25) is 19.8 Å². The van der Waals surface area contributed by atoms with E-state index in [1.54, 1.807) is 12.1 Å². The van der Waals surface area contributed by atoms with Gasteiger partial charge in [-0.25, -0.2) is 0 Å². The zero-order chi connectivity index (χ0) is 22.4. The van der Waals surface area contributed by atoms with Crippen LogP contribution in [0.5, 0.6) is 5.75 Å². The molecule has 1 aliphatic heterocycles. The Hall–Kier alpha value is -2.79. The lowest BCUT2D eigenvalue weighted by Crippen LogP contribution is -2.32. The van der Waals surface area contributed by atoms with Crippen molar-refractivity contribution in [3.63, 3.8) is 0 Å². The van der Waals surface area contributed by atoms with Crippen molar-refractivity contribution < 1.29 is 27.6 Å². The molecule has 2 aromatic carbocycles. The number of non-ortho nitro benzene ring substituents is 1. The molecule has 1 N–H and O–H groups in total. The molecule has 0 bridgehead atoms. The van der Waals surface area contributed by atoms with Gasteiger partial charge in [-0.05, 0) is 23.8 Å². The molecule has 0 atom stereocenters. The topological polar surface area (TPSA) is 84.7 Å². The van der Waals surface area contributed by atoms with E-state index in [2.05, 4.69) is 10.2 Å². The minimum absolute atomic E-state index is 0.385. The Morgan fingerprint density at radius 2 is 1.94 bits per heavy atom. The van der Waals surface area contributed by atoms with E-state index in [0.717, 1.165) is 48.8 Å². The van der Waals surface area contributed by atoms with Gasteiger partial charge in [-0.1, -0.05) is 12.1 Å². The number of hydrogen-bond donors (Lipinski definition) is 1. The van der Waals surface area contributed by atoms with Crippen LogP contribution < -0.4 is 10.1 Å². The number of amides is 1. The zero-order valence-corrected chi connectivity index (χ0v) is 17.2. The Kier molecular flexibility index (Phi) is 7.39. The number of halogens is 3. The fraction of sp³-hybridized carbons (Fsp3) is 0.350. The number of hydrogen-bond acceptors (Lipinski definition) is 6. The van der Waals surface area contributed by atoms with E-state index >= 15 is 0 Å². The highest BCUT2D eigenvalue weighted by atomic mass is 32.2. The summed E-state index contributed by atoms with van der Waals surface area (Å²) in [6.07, 6.45) is -4.86. The maximum atomic E-state index is 13.2. The van der Waals surface area contributed by atoms with Gasteiger partial charge in [0, 0.05) is 49.0 Å². The Morgan fingerprint density at radius 3 is 2.61 bits per heavy atom. The van der Waals surface area contributed by atoms with Crippen molar-refractivity contribution in [3.8, 4) is 5.75 Å². The summed E-state index contributed by atoms with van der Waals surface area (Å²) in [6.45, 7) is 2.06. The molecular weight excluding hydrogens is 435 g/mol. The van der Waals surface area contributed by atoms with Gasteiger partial charge in [0.15, 0.2) is 6.61 Å². The van der Waals surface area contributed by atoms with Gasteiger partial charge in [-0.15, -0.1) is 0 Å². The number of carbonyl (C=O) groups is 1. The second-order valence-corrected chi connectivity index (χ2v) is 8.09. The molecule has 11 heteroatoms. The van der Waals surface area contributed by atoms with Crippen molar-refractivity contribution in [3.05, 3.63) is 63.7 Å². The molecular formula is C20H20F3N3O4S. The summed E-state index contributed by atoms with van der Waals surface area (Å²) in [6, 6.07) is 9.35. The van der Waals surface area contributed by atoms with Crippen LogP contribution in [-0.4, -0.2) is 46.9 Å². The van der Waals surface area contributed by atoms with Gasteiger partial charge in [0.1, 0.15) is 11.3 Å². The molecule has 0 radical (unpaired) electrons. The molecule has 1 heterocycles. The van der Waals surface area contributed by atoms with E-state index < -0.39 is 40.6 Å². The first-order valence-corrected chi connectivity index (χ1v) is 10.5. The van der Waals surface area contributed by atoms with Crippen LogP contribution in [0.3, 0.4) is 0 Å². The van der Waals surface area contributed by atoms with Crippen molar-refractivity contribution in [1.29, 1.82) is 0 Å². The number of benzene rings is 2. The fourth-order valence-corrected chi connectivity index (χ4v) is 4.06. The van der Waals surface area contributed by atoms with Crippen molar-refractivity contribution >= 4 is 29.0 Å². The van der Waals surface area contributed by atoms with Crippen molar-refractivity contribution in [2.45, 2.75) is 12.7 Å². The second-order valence-electron chi connectivity index (χ2n) is 6.86. The predicted molar refractivity (Wildman–Crippen MR) is 111 cm³/mol. The Labute approximate surface area is 180 Å². The molecule has 2 aromatic rings. The van der Waals surface area contributed by atoms with Crippen LogP contribution in [0.1, 0.15) is 11.1 Å². The Morgan fingerprint density at radius 1 is 1.19 bits per heavy atom. The monoisotopic (exact) mass is 455 g/mol. The van der Waals surface area contributed by atoms with E-state index in [9.17, 15) is 28.1 Å². The number of nitro benzene ring substituents is 1. The molecule has 166 valence electrons. The van der Waals surface area contributed by atoms with Crippen LogP contribution in [0.2, 0.25) is 0 Å². The van der Waals surface area contributed by atoms with Gasteiger partial charge in [-0.2, -0.15) is 24.9 Å². The SMILES string of the molecule is O=C(COc1ccc([N+](=O)[O-])cc1C(F)(F)F)Nc1cccc(CN2CCSCC2)c1. The van der Waals surface area contributed by atoms with Gasteiger partial charge in [0.2, 0.25) is 0 Å². The van der Waals surface area contributed by atoms with Crippen molar-refractivity contribution in [2.75, 3.05) is 36.5 Å². The molecule has 1 saturated heterocycles. The van der Waals surface area contributed by atoms with E-state index in [4.69, 9.17) is 4.74 Å². The van der Waals surface area contributed by atoms with Gasteiger partial charge >= 0.3 is 6.18 Å². The van der Waals surface area contributed by atoms with Crippen LogP contribution in [0.25, 0.3) is 0 Å². The van der Waals surface area contributed by atoms with Gasteiger partial charge in [0.05, 0.1) is 4.92 Å². The highest BCUT2D eigenvalue weighted by Gasteiger charge is 2.36. The van der Waals surface area contributed by atoms with E-state index in [-0.39, 0.29) is 0 Å². The number of alkyl halides is 3. The molecule has 31 heavy (non-hydrogen) atoms. The smallest absolute Gasteiger partial charge is 0.420 e. The van der Waals surface area contributed by atoms with Crippen LogP contribution in [-0.2, 0) is 17.5 Å².